The number of sulfonamides is 1. The number of primary amides is 1. The third kappa shape index (κ3) is 2.98. The first-order chi connectivity index (χ1) is 12.9. The summed E-state index contributed by atoms with van der Waals surface area (Å²) in [5, 5.41) is 1.98. The molecule has 2 N–H and O–H groups in total. The number of halogens is 1. The largest absolute Gasteiger partial charge is 0.365 e. The maximum atomic E-state index is 12.9. The fourth-order valence-electron chi connectivity index (χ4n) is 3.37. The Hall–Kier alpha value is -2.13. The molecule has 0 bridgehead atoms. The van der Waals surface area contributed by atoms with E-state index in [2.05, 4.69) is 0 Å². The third-order valence-electron chi connectivity index (χ3n) is 4.59. The molecule has 0 radical (unpaired) electrons. The van der Waals surface area contributed by atoms with E-state index in [1.54, 1.807) is 17.5 Å². The summed E-state index contributed by atoms with van der Waals surface area (Å²) in [6.45, 7) is 0.721. The molecule has 2 aromatic heterocycles. The summed E-state index contributed by atoms with van der Waals surface area (Å²) >= 11 is 7.69. The molecule has 3 heterocycles. The van der Waals surface area contributed by atoms with Gasteiger partial charge in [-0.15, -0.1) is 11.3 Å². The van der Waals surface area contributed by atoms with Crippen molar-refractivity contribution < 1.29 is 13.2 Å². The van der Waals surface area contributed by atoms with Crippen LogP contribution in [-0.2, 0) is 23.1 Å². The highest BCUT2D eigenvalue weighted by molar-refractivity contribution is 7.91. The van der Waals surface area contributed by atoms with Gasteiger partial charge in [0, 0.05) is 18.8 Å². The molecule has 1 aliphatic heterocycles. The molecule has 0 saturated heterocycles. The molecule has 3 aromatic rings. The fourth-order valence-corrected chi connectivity index (χ4v) is 6.32. The van der Waals surface area contributed by atoms with E-state index in [0.717, 1.165) is 5.56 Å². The number of hydrogen-bond acceptors (Lipinski definition) is 4. The molecule has 0 aliphatic carbocycles. The highest BCUT2D eigenvalue weighted by atomic mass is 35.5. The predicted molar refractivity (Wildman–Crippen MR) is 105 cm³/mol. The Balaban J connectivity index is 1.83. The van der Waals surface area contributed by atoms with E-state index < -0.39 is 15.9 Å². The van der Waals surface area contributed by atoms with Gasteiger partial charge in [-0.3, -0.25) is 4.79 Å². The second-order valence-electron chi connectivity index (χ2n) is 6.14. The van der Waals surface area contributed by atoms with Crippen LogP contribution >= 0.6 is 22.9 Å². The molecule has 0 fully saturated rings. The quantitative estimate of drug-likeness (QED) is 0.702. The van der Waals surface area contributed by atoms with Crippen molar-refractivity contribution in [3.8, 4) is 11.3 Å². The van der Waals surface area contributed by atoms with Crippen LogP contribution in [0, 0.1) is 0 Å². The Morgan fingerprint density at radius 2 is 1.85 bits per heavy atom. The molecule has 0 atom stereocenters. The van der Waals surface area contributed by atoms with Gasteiger partial charge in [0.15, 0.2) is 0 Å². The lowest BCUT2D eigenvalue weighted by molar-refractivity contribution is 0.0998. The lowest BCUT2D eigenvalue weighted by Crippen LogP contribution is -2.38. The SMILES string of the molecule is NC(=O)c1c(Cl)c(-c2ccccc2)n2c1CN(S(=O)(=O)c1cccs1)CC2. The standard InChI is InChI=1S/C18H16ClN3O3S2/c19-16-15(18(20)23)13-11-21(27(24,25)14-7-4-10-26-14)8-9-22(13)17(16)12-5-2-1-3-6-12/h1-7,10H,8-9,11H2,(H2,20,23). The van der Waals surface area contributed by atoms with E-state index in [-0.39, 0.29) is 27.9 Å². The van der Waals surface area contributed by atoms with E-state index in [1.165, 1.54) is 15.6 Å². The molecule has 1 aliphatic rings. The summed E-state index contributed by atoms with van der Waals surface area (Å²) in [6.07, 6.45) is 0. The number of benzene rings is 1. The fraction of sp³-hybridized carbons (Fsp3) is 0.167. The van der Waals surface area contributed by atoms with E-state index in [0.29, 0.717) is 17.9 Å². The summed E-state index contributed by atoms with van der Waals surface area (Å²) in [5.41, 5.74) is 7.83. The van der Waals surface area contributed by atoms with Gasteiger partial charge < -0.3 is 10.3 Å². The molecule has 0 saturated carbocycles. The minimum absolute atomic E-state index is 0.0467. The molecule has 27 heavy (non-hydrogen) atoms. The van der Waals surface area contributed by atoms with Gasteiger partial charge in [0.25, 0.3) is 15.9 Å². The zero-order valence-electron chi connectivity index (χ0n) is 14.1. The molecule has 140 valence electrons. The lowest BCUT2D eigenvalue weighted by Gasteiger charge is -2.29. The number of nitrogens with zero attached hydrogens (tertiary/aromatic N) is 2. The van der Waals surface area contributed by atoms with Crippen molar-refractivity contribution in [3.63, 3.8) is 0 Å². The zero-order valence-corrected chi connectivity index (χ0v) is 16.5. The second-order valence-corrected chi connectivity index (χ2v) is 9.63. The van der Waals surface area contributed by atoms with Crippen molar-refractivity contribution in [2.24, 2.45) is 5.73 Å². The molecule has 0 unspecified atom stereocenters. The van der Waals surface area contributed by atoms with Crippen LogP contribution in [0.1, 0.15) is 16.1 Å². The highest BCUT2D eigenvalue weighted by Gasteiger charge is 2.35. The van der Waals surface area contributed by atoms with Gasteiger partial charge in [0.2, 0.25) is 0 Å². The van der Waals surface area contributed by atoms with E-state index in [4.69, 9.17) is 17.3 Å². The smallest absolute Gasteiger partial charge is 0.252 e. The number of carbonyl (C=O) groups excluding carboxylic acids is 1. The average molecular weight is 422 g/mol. The van der Waals surface area contributed by atoms with Gasteiger partial charge in [-0.25, -0.2) is 8.42 Å². The highest BCUT2D eigenvalue weighted by Crippen LogP contribution is 2.38. The summed E-state index contributed by atoms with van der Waals surface area (Å²) in [6, 6.07) is 12.7. The van der Waals surface area contributed by atoms with Gasteiger partial charge >= 0.3 is 0 Å². The van der Waals surface area contributed by atoms with Crippen LogP contribution in [0.3, 0.4) is 0 Å². The lowest BCUT2D eigenvalue weighted by atomic mass is 10.1. The number of thiophene rings is 1. The van der Waals surface area contributed by atoms with Crippen molar-refractivity contribution in [1.29, 1.82) is 0 Å². The molecule has 1 amide bonds. The first kappa shape index (κ1) is 18.2. The van der Waals surface area contributed by atoms with Gasteiger partial charge in [-0.05, 0) is 17.0 Å². The molecular weight excluding hydrogens is 406 g/mol. The number of carbonyl (C=O) groups is 1. The maximum Gasteiger partial charge on any atom is 0.252 e. The van der Waals surface area contributed by atoms with Crippen molar-refractivity contribution >= 4 is 38.9 Å². The molecule has 6 nitrogen and oxygen atoms in total. The Bertz CT molecular complexity index is 1110. The summed E-state index contributed by atoms with van der Waals surface area (Å²) in [4.78, 5) is 12.1. The summed E-state index contributed by atoms with van der Waals surface area (Å²) in [7, 11) is -3.63. The van der Waals surface area contributed by atoms with Crippen LogP contribution in [-0.4, -0.2) is 29.7 Å². The van der Waals surface area contributed by atoms with Gasteiger partial charge in [-0.1, -0.05) is 48.0 Å². The van der Waals surface area contributed by atoms with Gasteiger partial charge in [-0.2, -0.15) is 4.31 Å². The number of nitrogens with two attached hydrogens (primary N) is 1. The van der Waals surface area contributed by atoms with Gasteiger partial charge in [0.05, 0.1) is 22.8 Å². The predicted octanol–water partition coefficient (Wildman–Crippen LogP) is 3.17. The zero-order chi connectivity index (χ0) is 19.2. The number of rotatable bonds is 4. The van der Waals surface area contributed by atoms with E-state index in [1.807, 2.05) is 34.9 Å². The number of amides is 1. The Labute approximate surface area is 165 Å². The van der Waals surface area contributed by atoms with Crippen LogP contribution in [0.5, 0.6) is 0 Å². The maximum absolute atomic E-state index is 12.9. The van der Waals surface area contributed by atoms with Gasteiger partial charge in [0.1, 0.15) is 4.21 Å². The Kier molecular flexibility index (Phi) is 4.59. The first-order valence-electron chi connectivity index (χ1n) is 8.21. The molecule has 1 aromatic carbocycles. The van der Waals surface area contributed by atoms with Crippen LogP contribution in [0.4, 0.5) is 0 Å². The molecule has 9 heteroatoms. The van der Waals surface area contributed by atoms with Crippen LogP contribution in [0.15, 0.2) is 52.1 Å². The topological polar surface area (TPSA) is 85.4 Å². The third-order valence-corrected chi connectivity index (χ3v) is 8.18. The van der Waals surface area contributed by atoms with E-state index >= 15 is 0 Å². The molecular formula is C18H16ClN3O3S2. The Morgan fingerprint density at radius 1 is 1.11 bits per heavy atom. The number of fused-ring (bicyclic) bond motifs is 1. The number of hydrogen-bond donors (Lipinski definition) is 1. The number of aromatic nitrogens is 1. The monoisotopic (exact) mass is 421 g/mol. The normalized spacial score (nSPS) is 14.9. The van der Waals surface area contributed by atoms with Crippen LogP contribution in [0.2, 0.25) is 5.02 Å². The average Bonchev–Trinajstić information content (AvgIpc) is 3.28. The Morgan fingerprint density at radius 3 is 2.48 bits per heavy atom. The second kappa shape index (κ2) is 6.79. The van der Waals surface area contributed by atoms with E-state index in [9.17, 15) is 13.2 Å². The summed E-state index contributed by atoms with van der Waals surface area (Å²) in [5.74, 6) is -0.665. The van der Waals surface area contributed by atoms with Crippen molar-refractivity contribution in [2.45, 2.75) is 17.3 Å². The first-order valence-corrected chi connectivity index (χ1v) is 10.9. The van der Waals surface area contributed by atoms with Crippen molar-refractivity contribution in [3.05, 3.63) is 64.1 Å². The van der Waals surface area contributed by atoms with Crippen molar-refractivity contribution in [1.82, 2.24) is 8.87 Å². The molecule has 4 rings (SSSR count). The van der Waals surface area contributed by atoms with Crippen LogP contribution < -0.4 is 5.73 Å². The van der Waals surface area contributed by atoms with Crippen molar-refractivity contribution in [2.75, 3.05) is 6.54 Å². The minimum atomic E-state index is -3.63. The van der Waals surface area contributed by atoms with Crippen LogP contribution in [0.25, 0.3) is 11.3 Å². The summed E-state index contributed by atoms with van der Waals surface area (Å²) < 4.78 is 29.3. The minimum Gasteiger partial charge on any atom is -0.365 e. The molecule has 0 spiro atoms.